The normalized spacial score (nSPS) is 21.9. The van der Waals surface area contributed by atoms with Crippen molar-refractivity contribution in [3.63, 3.8) is 0 Å². The first-order valence-electron chi connectivity index (χ1n) is 7.51. The highest BCUT2D eigenvalue weighted by Gasteiger charge is 2.31. The number of carbonyl (C=O) groups is 1. The third-order valence-electron chi connectivity index (χ3n) is 4.37. The van der Waals surface area contributed by atoms with E-state index < -0.39 is 0 Å². The molecule has 0 bridgehead atoms. The summed E-state index contributed by atoms with van der Waals surface area (Å²) in [5.74, 6) is 0.617. The van der Waals surface area contributed by atoms with Gasteiger partial charge in [0, 0.05) is 24.2 Å². The lowest BCUT2D eigenvalue weighted by atomic mass is 10.1. The Hall–Kier alpha value is -1.94. The number of nitrogens with two attached hydrogens (primary N) is 1. The number of hydrogen-bond acceptors (Lipinski definition) is 3. The van der Waals surface area contributed by atoms with Crippen molar-refractivity contribution in [2.24, 2.45) is 11.7 Å². The highest BCUT2D eigenvalue weighted by molar-refractivity contribution is 5.87. The smallest absolute Gasteiger partial charge is 0.227 e. The van der Waals surface area contributed by atoms with Crippen LogP contribution in [0, 0.1) is 5.92 Å². The van der Waals surface area contributed by atoms with Gasteiger partial charge in [0.15, 0.2) is 0 Å². The van der Waals surface area contributed by atoms with Crippen molar-refractivity contribution in [2.45, 2.75) is 25.8 Å². The fraction of sp³-hybridized carbons (Fsp3) is 0.412. The molecule has 4 nitrogen and oxygen atoms in total. The summed E-state index contributed by atoms with van der Waals surface area (Å²) in [5.41, 5.74) is 7.67. The number of rotatable bonds is 3. The van der Waals surface area contributed by atoms with Crippen LogP contribution in [-0.2, 0) is 11.2 Å². The molecule has 2 unspecified atom stereocenters. The van der Waals surface area contributed by atoms with Gasteiger partial charge in [0.2, 0.25) is 5.91 Å². The molecule has 1 fully saturated rings. The van der Waals surface area contributed by atoms with Crippen LogP contribution in [0.2, 0.25) is 0 Å². The second-order valence-corrected chi connectivity index (χ2v) is 5.90. The number of fused-ring (bicyclic) bond motifs is 1. The molecule has 1 aliphatic rings. The number of carbonyl (C=O) groups excluding carboxylic acids is 1. The van der Waals surface area contributed by atoms with Gasteiger partial charge in [-0.2, -0.15) is 0 Å². The van der Waals surface area contributed by atoms with E-state index in [-0.39, 0.29) is 11.9 Å². The van der Waals surface area contributed by atoms with Crippen LogP contribution in [0.3, 0.4) is 0 Å². The molecule has 1 aliphatic heterocycles. The van der Waals surface area contributed by atoms with E-state index in [1.165, 1.54) is 0 Å². The lowest BCUT2D eigenvalue weighted by molar-refractivity contribution is -0.131. The maximum absolute atomic E-state index is 12.6. The summed E-state index contributed by atoms with van der Waals surface area (Å²) in [5, 5.41) is 1.08. The van der Waals surface area contributed by atoms with Gasteiger partial charge in [-0.05, 0) is 37.4 Å². The van der Waals surface area contributed by atoms with Gasteiger partial charge in [-0.1, -0.05) is 24.3 Å². The summed E-state index contributed by atoms with van der Waals surface area (Å²) in [6, 6.07) is 10.2. The molecule has 1 aromatic carbocycles. The maximum Gasteiger partial charge on any atom is 0.227 e. The van der Waals surface area contributed by atoms with Crippen LogP contribution in [0.5, 0.6) is 0 Å². The van der Waals surface area contributed by atoms with Crippen molar-refractivity contribution in [2.75, 3.05) is 13.1 Å². The first kappa shape index (κ1) is 14.0. The fourth-order valence-corrected chi connectivity index (χ4v) is 3.24. The van der Waals surface area contributed by atoms with Crippen molar-refractivity contribution < 1.29 is 4.79 Å². The minimum Gasteiger partial charge on any atom is -0.339 e. The van der Waals surface area contributed by atoms with E-state index in [0.717, 1.165) is 29.4 Å². The lowest BCUT2D eigenvalue weighted by Crippen LogP contribution is -2.35. The zero-order chi connectivity index (χ0) is 14.8. The predicted molar refractivity (Wildman–Crippen MR) is 83.8 cm³/mol. The minimum absolute atomic E-state index is 0.177. The number of pyridine rings is 1. The topological polar surface area (TPSA) is 59.2 Å². The molecule has 0 aliphatic carbocycles. The molecule has 2 N–H and O–H groups in total. The second kappa shape index (κ2) is 5.82. The summed E-state index contributed by atoms with van der Waals surface area (Å²) in [7, 11) is 0. The first-order chi connectivity index (χ1) is 10.2. The van der Waals surface area contributed by atoms with E-state index in [1.807, 2.05) is 35.2 Å². The van der Waals surface area contributed by atoms with E-state index in [9.17, 15) is 4.79 Å². The number of nitrogens with zero attached hydrogens (tertiary/aromatic N) is 2. The summed E-state index contributed by atoms with van der Waals surface area (Å²) in [6.45, 7) is 3.55. The molecule has 1 saturated heterocycles. The van der Waals surface area contributed by atoms with Crippen molar-refractivity contribution in [1.29, 1.82) is 0 Å². The van der Waals surface area contributed by atoms with Gasteiger partial charge in [-0.25, -0.2) is 0 Å². The Morgan fingerprint density at radius 1 is 1.38 bits per heavy atom. The largest absolute Gasteiger partial charge is 0.339 e. The van der Waals surface area contributed by atoms with E-state index in [4.69, 9.17) is 5.73 Å². The average Bonchev–Trinajstić information content (AvgIpc) is 2.89. The molecule has 0 spiro atoms. The van der Waals surface area contributed by atoms with Crippen LogP contribution >= 0.6 is 0 Å². The molecule has 4 heteroatoms. The van der Waals surface area contributed by atoms with Gasteiger partial charge in [0.1, 0.15) is 0 Å². The number of para-hydroxylation sites is 1. The Labute approximate surface area is 125 Å². The van der Waals surface area contributed by atoms with Gasteiger partial charge in [0.25, 0.3) is 0 Å². The molecule has 110 valence electrons. The van der Waals surface area contributed by atoms with Gasteiger partial charge < -0.3 is 10.6 Å². The lowest BCUT2D eigenvalue weighted by Gasteiger charge is -2.21. The van der Waals surface area contributed by atoms with E-state index in [1.54, 1.807) is 6.20 Å². The molecule has 0 radical (unpaired) electrons. The van der Waals surface area contributed by atoms with Crippen molar-refractivity contribution >= 4 is 16.8 Å². The highest BCUT2D eigenvalue weighted by Crippen LogP contribution is 2.24. The molecule has 2 atom stereocenters. The predicted octanol–water partition coefficient (Wildman–Crippen LogP) is 1.97. The quantitative estimate of drug-likeness (QED) is 0.937. The molecule has 2 heterocycles. The molecular weight excluding hydrogens is 262 g/mol. The highest BCUT2D eigenvalue weighted by atomic mass is 16.2. The average molecular weight is 283 g/mol. The van der Waals surface area contributed by atoms with E-state index in [2.05, 4.69) is 11.9 Å². The standard InChI is InChI=1S/C17H21N3O/c1-12-8-13(10-18)11-20(12)16(21)9-15-5-2-4-14-6-3-7-19-17(14)15/h2-7,12-13H,8-11,18H2,1H3. The number of hydrogen-bond donors (Lipinski definition) is 1. The van der Waals surface area contributed by atoms with Crippen molar-refractivity contribution in [3.8, 4) is 0 Å². The van der Waals surface area contributed by atoms with Crippen LogP contribution in [0.25, 0.3) is 10.9 Å². The monoisotopic (exact) mass is 283 g/mol. The van der Waals surface area contributed by atoms with Crippen LogP contribution in [0.15, 0.2) is 36.5 Å². The molecule has 3 rings (SSSR count). The molecule has 0 saturated carbocycles. The van der Waals surface area contributed by atoms with Crippen molar-refractivity contribution in [3.05, 3.63) is 42.1 Å². The number of likely N-dealkylation sites (tertiary alicyclic amines) is 1. The number of amides is 1. The zero-order valence-electron chi connectivity index (χ0n) is 12.3. The third kappa shape index (κ3) is 2.76. The van der Waals surface area contributed by atoms with E-state index in [0.29, 0.717) is 18.9 Å². The first-order valence-corrected chi connectivity index (χ1v) is 7.51. The fourth-order valence-electron chi connectivity index (χ4n) is 3.24. The summed E-state index contributed by atoms with van der Waals surface area (Å²) < 4.78 is 0. The minimum atomic E-state index is 0.177. The van der Waals surface area contributed by atoms with Crippen LogP contribution in [0.1, 0.15) is 18.9 Å². The van der Waals surface area contributed by atoms with Gasteiger partial charge in [0.05, 0.1) is 11.9 Å². The number of aromatic nitrogens is 1. The summed E-state index contributed by atoms with van der Waals surface area (Å²) in [6.07, 6.45) is 3.20. The Balaban J connectivity index is 1.81. The maximum atomic E-state index is 12.6. The Morgan fingerprint density at radius 2 is 2.19 bits per heavy atom. The Bertz CT molecular complexity index is 650. The van der Waals surface area contributed by atoms with Gasteiger partial charge >= 0.3 is 0 Å². The number of benzene rings is 1. The Morgan fingerprint density at radius 3 is 2.95 bits per heavy atom. The van der Waals surface area contributed by atoms with E-state index >= 15 is 0 Å². The van der Waals surface area contributed by atoms with Gasteiger partial charge in [-0.15, -0.1) is 0 Å². The van der Waals surface area contributed by atoms with Crippen molar-refractivity contribution in [1.82, 2.24) is 9.88 Å². The molecule has 1 amide bonds. The Kier molecular flexibility index (Phi) is 3.88. The second-order valence-electron chi connectivity index (χ2n) is 5.90. The SMILES string of the molecule is CC1CC(CN)CN1C(=O)Cc1cccc2cccnc12. The van der Waals surface area contributed by atoms with Gasteiger partial charge in [-0.3, -0.25) is 9.78 Å². The van der Waals surface area contributed by atoms with Crippen LogP contribution < -0.4 is 5.73 Å². The molecular formula is C17H21N3O. The molecule has 21 heavy (non-hydrogen) atoms. The molecule has 1 aromatic heterocycles. The summed E-state index contributed by atoms with van der Waals surface area (Å²) in [4.78, 5) is 19.0. The zero-order valence-corrected chi connectivity index (χ0v) is 12.3. The van der Waals surface area contributed by atoms with Crippen LogP contribution in [0.4, 0.5) is 0 Å². The third-order valence-corrected chi connectivity index (χ3v) is 4.37. The molecule has 2 aromatic rings. The summed E-state index contributed by atoms with van der Waals surface area (Å²) >= 11 is 0. The van der Waals surface area contributed by atoms with Crippen LogP contribution in [-0.4, -0.2) is 34.9 Å².